The topological polar surface area (TPSA) is 56.2 Å². The van der Waals surface area contributed by atoms with E-state index in [9.17, 15) is 4.79 Å². The predicted octanol–water partition coefficient (Wildman–Crippen LogP) is 5.50. The second-order valence-electron chi connectivity index (χ2n) is 6.41. The van der Waals surface area contributed by atoms with Gasteiger partial charge in [0.05, 0.1) is 23.3 Å². The maximum atomic E-state index is 12.4. The van der Waals surface area contributed by atoms with E-state index < -0.39 is 0 Å². The zero-order valence-corrected chi connectivity index (χ0v) is 16.2. The largest absolute Gasteiger partial charge is 0.456 e. The normalized spacial score (nSPS) is 10.5. The average molecular weight is 404 g/mol. The molecule has 0 radical (unpaired) electrons. The number of benzene rings is 3. The molecule has 0 bridgehead atoms. The van der Waals surface area contributed by atoms with E-state index in [-0.39, 0.29) is 12.3 Å². The molecule has 1 N–H and O–H groups in total. The summed E-state index contributed by atoms with van der Waals surface area (Å²) in [7, 11) is 0. The quantitative estimate of drug-likeness (QED) is 0.462. The molecule has 1 heterocycles. The molecule has 0 aliphatic carbocycles. The van der Waals surface area contributed by atoms with Crippen LogP contribution in [0.25, 0.3) is 5.69 Å². The Bertz CT molecular complexity index is 1110. The molecule has 5 nitrogen and oxygen atoms in total. The number of amides is 1. The van der Waals surface area contributed by atoms with Crippen LogP contribution in [0.1, 0.15) is 5.56 Å². The third-order valence-corrected chi connectivity index (χ3v) is 4.54. The van der Waals surface area contributed by atoms with Gasteiger partial charge >= 0.3 is 0 Å². The maximum Gasteiger partial charge on any atom is 0.228 e. The van der Waals surface area contributed by atoms with Crippen molar-refractivity contribution >= 4 is 23.2 Å². The van der Waals surface area contributed by atoms with Crippen LogP contribution in [0, 0.1) is 0 Å². The second-order valence-corrected chi connectivity index (χ2v) is 6.82. The number of nitrogens with one attached hydrogen (secondary N) is 1. The lowest BCUT2D eigenvalue weighted by molar-refractivity contribution is -0.115. The lowest BCUT2D eigenvalue weighted by Crippen LogP contribution is -2.13. The van der Waals surface area contributed by atoms with Gasteiger partial charge in [0.2, 0.25) is 5.91 Å². The molecule has 0 spiro atoms. The first-order chi connectivity index (χ1) is 14.2. The summed E-state index contributed by atoms with van der Waals surface area (Å²) in [5, 5.41) is 7.74. The number of para-hydroxylation sites is 2. The summed E-state index contributed by atoms with van der Waals surface area (Å²) in [4.78, 5) is 12.4. The molecule has 29 heavy (non-hydrogen) atoms. The highest BCUT2D eigenvalue weighted by atomic mass is 35.5. The van der Waals surface area contributed by atoms with Gasteiger partial charge in [0.25, 0.3) is 0 Å². The van der Waals surface area contributed by atoms with Crippen molar-refractivity contribution < 1.29 is 9.53 Å². The number of carbonyl (C=O) groups excluding carboxylic acids is 1. The van der Waals surface area contributed by atoms with Crippen LogP contribution in [-0.2, 0) is 11.2 Å². The number of aromatic nitrogens is 2. The fourth-order valence-corrected chi connectivity index (χ4v) is 3.00. The number of ether oxygens (including phenoxy) is 1. The van der Waals surface area contributed by atoms with E-state index in [0.717, 1.165) is 11.3 Å². The van der Waals surface area contributed by atoms with E-state index >= 15 is 0 Å². The van der Waals surface area contributed by atoms with Gasteiger partial charge in [-0.15, -0.1) is 0 Å². The van der Waals surface area contributed by atoms with Crippen molar-refractivity contribution in [2.24, 2.45) is 0 Å². The molecule has 0 saturated heterocycles. The van der Waals surface area contributed by atoms with E-state index in [1.165, 1.54) is 0 Å². The smallest absolute Gasteiger partial charge is 0.228 e. The van der Waals surface area contributed by atoms with Crippen molar-refractivity contribution in [1.82, 2.24) is 9.78 Å². The van der Waals surface area contributed by atoms with Crippen LogP contribution in [0.5, 0.6) is 11.5 Å². The minimum absolute atomic E-state index is 0.114. The zero-order valence-electron chi connectivity index (χ0n) is 15.5. The molecule has 4 aromatic rings. The molecule has 1 aromatic heterocycles. The Morgan fingerprint density at radius 1 is 0.966 bits per heavy atom. The van der Waals surface area contributed by atoms with Crippen molar-refractivity contribution in [3.8, 4) is 17.2 Å². The summed E-state index contributed by atoms with van der Waals surface area (Å²) >= 11 is 6.10. The van der Waals surface area contributed by atoms with Gasteiger partial charge in [-0.3, -0.25) is 4.79 Å². The average Bonchev–Trinajstić information content (AvgIpc) is 3.20. The molecule has 3 aromatic carbocycles. The third kappa shape index (κ3) is 4.83. The summed E-state index contributed by atoms with van der Waals surface area (Å²) in [5.41, 5.74) is 2.48. The number of hydrogen-bond acceptors (Lipinski definition) is 3. The van der Waals surface area contributed by atoms with Gasteiger partial charge in [0, 0.05) is 11.9 Å². The van der Waals surface area contributed by atoms with Crippen LogP contribution in [0.3, 0.4) is 0 Å². The molecule has 144 valence electrons. The van der Waals surface area contributed by atoms with Gasteiger partial charge in [-0.05, 0) is 54.1 Å². The number of nitrogens with zero attached hydrogens (tertiary/aromatic N) is 2. The minimum atomic E-state index is -0.114. The number of anilines is 1. The van der Waals surface area contributed by atoms with Gasteiger partial charge in [0.15, 0.2) is 0 Å². The fraction of sp³-hybridized carbons (Fsp3) is 0.0435. The molecule has 4 rings (SSSR count). The lowest BCUT2D eigenvalue weighted by atomic mass is 10.2. The Balaban J connectivity index is 1.35. The molecule has 0 atom stereocenters. The van der Waals surface area contributed by atoms with Crippen molar-refractivity contribution in [3.63, 3.8) is 0 Å². The first-order valence-corrected chi connectivity index (χ1v) is 9.46. The summed E-state index contributed by atoms with van der Waals surface area (Å²) in [5.74, 6) is 1.11. The van der Waals surface area contributed by atoms with Crippen LogP contribution in [0.15, 0.2) is 91.3 Å². The van der Waals surface area contributed by atoms with Gasteiger partial charge in [-0.25, -0.2) is 4.68 Å². The Labute approximate surface area is 173 Å². The van der Waals surface area contributed by atoms with E-state index in [1.807, 2.05) is 48.7 Å². The highest BCUT2D eigenvalue weighted by Crippen LogP contribution is 2.29. The number of halogens is 1. The Kier molecular flexibility index (Phi) is 5.59. The van der Waals surface area contributed by atoms with Gasteiger partial charge in [-0.2, -0.15) is 5.10 Å². The molecule has 0 saturated carbocycles. The first kappa shape index (κ1) is 18.8. The van der Waals surface area contributed by atoms with Crippen molar-refractivity contribution in [1.29, 1.82) is 0 Å². The second kappa shape index (κ2) is 8.63. The van der Waals surface area contributed by atoms with Crippen LogP contribution in [0.2, 0.25) is 5.02 Å². The van der Waals surface area contributed by atoms with E-state index in [1.54, 1.807) is 47.3 Å². The molecule has 0 fully saturated rings. The predicted molar refractivity (Wildman–Crippen MR) is 114 cm³/mol. The van der Waals surface area contributed by atoms with Crippen molar-refractivity contribution in [3.05, 3.63) is 102 Å². The molecule has 0 unspecified atom stereocenters. The first-order valence-electron chi connectivity index (χ1n) is 9.09. The Hall–Kier alpha value is -3.57. The van der Waals surface area contributed by atoms with E-state index in [2.05, 4.69) is 10.4 Å². The van der Waals surface area contributed by atoms with E-state index in [0.29, 0.717) is 22.2 Å². The third-order valence-electron chi connectivity index (χ3n) is 4.22. The number of carbonyl (C=O) groups is 1. The van der Waals surface area contributed by atoms with Crippen LogP contribution in [0.4, 0.5) is 5.69 Å². The summed E-state index contributed by atoms with van der Waals surface area (Å²) in [6, 6.07) is 24.2. The van der Waals surface area contributed by atoms with Gasteiger partial charge < -0.3 is 10.1 Å². The summed E-state index contributed by atoms with van der Waals surface area (Å²) in [6.07, 6.45) is 3.80. The van der Waals surface area contributed by atoms with Gasteiger partial charge in [-0.1, -0.05) is 41.9 Å². The molecular formula is C23H18ClN3O2. The molecule has 1 amide bonds. The summed E-state index contributed by atoms with van der Waals surface area (Å²) < 4.78 is 7.51. The van der Waals surface area contributed by atoms with Crippen LogP contribution in [-0.4, -0.2) is 15.7 Å². The van der Waals surface area contributed by atoms with Crippen LogP contribution < -0.4 is 10.1 Å². The fourth-order valence-electron chi connectivity index (χ4n) is 2.82. The van der Waals surface area contributed by atoms with Crippen molar-refractivity contribution in [2.45, 2.75) is 6.42 Å². The zero-order chi connectivity index (χ0) is 20.1. The SMILES string of the molecule is O=C(Cc1cnn(-c2ccccc2)c1)Nc1ccc(Oc2ccccc2Cl)cc1. The minimum Gasteiger partial charge on any atom is -0.456 e. The number of rotatable bonds is 6. The highest BCUT2D eigenvalue weighted by molar-refractivity contribution is 6.32. The van der Waals surface area contributed by atoms with Crippen LogP contribution >= 0.6 is 11.6 Å². The standard InChI is InChI=1S/C23H18ClN3O2/c24-21-8-4-5-9-22(21)29-20-12-10-18(11-13-20)26-23(28)14-17-15-25-27(16-17)19-6-2-1-3-7-19/h1-13,15-16H,14H2,(H,26,28). The number of hydrogen-bond donors (Lipinski definition) is 1. The Morgan fingerprint density at radius 2 is 1.69 bits per heavy atom. The monoisotopic (exact) mass is 403 g/mol. The van der Waals surface area contributed by atoms with E-state index in [4.69, 9.17) is 16.3 Å². The summed E-state index contributed by atoms with van der Waals surface area (Å²) in [6.45, 7) is 0. The van der Waals surface area contributed by atoms with Crippen molar-refractivity contribution in [2.75, 3.05) is 5.32 Å². The van der Waals surface area contributed by atoms with Gasteiger partial charge in [0.1, 0.15) is 11.5 Å². The maximum absolute atomic E-state index is 12.4. The molecule has 0 aliphatic heterocycles. The Morgan fingerprint density at radius 3 is 2.45 bits per heavy atom. The highest BCUT2D eigenvalue weighted by Gasteiger charge is 2.08. The molecule has 6 heteroatoms. The molecular weight excluding hydrogens is 386 g/mol. The molecule has 0 aliphatic rings. The lowest BCUT2D eigenvalue weighted by Gasteiger charge is -2.09.